The van der Waals surface area contributed by atoms with Crippen LogP contribution in [0.5, 0.6) is 5.75 Å². The number of halogens is 5. The molecule has 1 saturated heterocycles. The summed E-state index contributed by atoms with van der Waals surface area (Å²) < 4.78 is 41.4. The summed E-state index contributed by atoms with van der Waals surface area (Å²) in [5.74, 6) is 0.426. The van der Waals surface area contributed by atoms with Gasteiger partial charge in [-0.25, -0.2) is 0 Å². The first kappa shape index (κ1) is 24.3. The van der Waals surface area contributed by atoms with Crippen LogP contribution in [0.4, 0.5) is 13.2 Å². The minimum Gasteiger partial charge on any atom is -0.406 e. The van der Waals surface area contributed by atoms with Crippen LogP contribution >= 0.6 is 24.8 Å². The second-order valence-electron chi connectivity index (χ2n) is 6.39. The average molecular weight is 403 g/mol. The van der Waals surface area contributed by atoms with E-state index in [0.717, 1.165) is 44.6 Å². The molecule has 0 radical (unpaired) electrons. The smallest absolute Gasteiger partial charge is 0.406 e. The molecule has 3 nitrogen and oxygen atoms in total. The number of nitrogens with one attached hydrogen (secondary N) is 1. The molecule has 0 saturated carbocycles. The van der Waals surface area contributed by atoms with Crippen LogP contribution in [0.15, 0.2) is 24.3 Å². The lowest BCUT2D eigenvalue weighted by Crippen LogP contribution is -2.45. The molecule has 1 aromatic rings. The van der Waals surface area contributed by atoms with Gasteiger partial charge >= 0.3 is 6.36 Å². The second kappa shape index (κ2) is 11.1. The summed E-state index contributed by atoms with van der Waals surface area (Å²) in [6.45, 7) is 7.98. The fourth-order valence-electron chi connectivity index (χ4n) is 2.96. The van der Waals surface area contributed by atoms with E-state index in [9.17, 15) is 13.2 Å². The Kier molecular flexibility index (Phi) is 10.8. The molecular weight excluding hydrogens is 376 g/mol. The van der Waals surface area contributed by atoms with E-state index in [4.69, 9.17) is 0 Å². The van der Waals surface area contributed by atoms with Crippen molar-refractivity contribution in [2.45, 2.75) is 39.1 Å². The monoisotopic (exact) mass is 402 g/mol. The van der Waals surface area contributed by atoms with Crippen molar-refractivity contribution in [2.24, 2.45) is 5.92 Å². The van der Waals surface area contributed by atoms with E-state index in [1.807, 2.05) is 6.07 Å². The normalized spacial score (nSPS) is 16.7. The molecule has 1 aromatic carbocycles. The first-order valence-electron chi connectivity index (χ1n) is 8.15. The van der Waals surface area contributed by atoms with Crippen LogP contribution in [0.25, 0.3) is 0 Å². The van der Waals surface area contributed by atoms with Gasteiger partial charge in [0.2, 0.25) is 0 Å². The first-order valence-corrected chi connectivity index (χ1v) is 8.15. The minimum atomic E-state index is -4.65. The zero-order valence-corrected chi connectivity index (χ0v) is 16.1. The zero-order valence-electron chi connectivity index (χ0n) is 14.5. The quantitative estimate of drug-likeness (QED) is 0.738. The number of hydrogen-bond acceptors (Lipinski definition) is 3. The molecule has 0 unspecified atom stereocenters. The first-order chi connectivity index (χ1) is 10.8. The minimum absolute atomic E-state index is 0. The van der Waals surface area contributed by atoms with Crippen LogP contribution in [0, 0.1) is 5.92 Å². The van der Waals surface area contributed by atoms with Crippen LogP contribution in [0.2, 0.25) is 0 Å². The summed E-state index contributed by atoms with van der Waals surface area (Å²) in [7, 11) is 0. The number of nitrogens with zero attached hydrogens (tertiary/aromatic N) is 1. The molecule has 1 heterocycles. The predicted molar refractivity (Wildman–Crippen MR) is 98.9 cm³/mol. The number of hydrogen-bond donors (Lipinski definition) is 1. The SMILES string of the molecule is CC(C)CC[C@@H](c1cccc(OC(F)(F)F)c1)N1CCNCC1.Cl.Cl. The molecule has 146 valence electrons. The summed E-state index contributed by atoms with van der Waals surface area (Å²) in [5, 5.41) is 3.31. The lowest BCUT2D eigenvalue weighted by atomic mass is 9.95. The van der Waals surface area contributed by atoms with Gasteiger partial charge in [-0.05, 0) is 36.5 Å². The number of benzene rings is 1. The summed E-state index contributed by atoms with van der Waals surface area (Å²) >= 11 is 0. The number of rotatable bonds is 6. The van der Waals surface area contributed by atoms with E-state index >= 15 is 0 Å². The van der Waals surface area contributed by atoms with E-state index in [0.29, 0.717) is 5.92 Å². The fourth-order valence-corrected chi connectivity index (χ4v) is 2.96. The van der Waals surface area contributed by atoms with E-state index in [2.05, 4.69) is 28.8 Å². The van der Waals surface area contributed by atoms with Gasteiger partial charge in [-0.2, -0.15) is 0 Å². The molecule has 0 aliphatic carbocycles. The summed E-state index contributed by atoms with van der Waals surface area (Å²) in [6.07, 6.45) is -2.67. The van der Waals surface area contributed by atoms with Crippen molar-refractivity contribution in [2.75, 3.05) is 26.2 Å². The third kappa shape index (κ3) is 8.49. The molecule has 8 heteroatoms. The Morgan fingerprint density at radius 1 is 1.12 bits per heavy atom. The lowest BCUT2D eigenvalue weighted by molar-refractivity contribution is -0.274. The van der Waals surface area contributed by atoms with Crippen LogP contribution in [-0.4, -0.2) is 37.4 Å². The molecule has 0 aromatic heterocycles. The standard InChI is InChI=1S/C17H25F3N2O.2ClH/c1-13(2)6-7-16(22-10-8-21-9-11-22)14-4-3-5-15(12-14)23-17(18,19)20;;/h3-5,12-13,16,21H,6-11H2,1-2H3;2*1H/t16-;;/m0../s1. The van der Waals surface area contributed by atoms with Crippen molar-refractivity contribution in [3.05, 3.63) is 29.8 Å². The van der Waals surface area contributed by atoms with Crippen molar-refractivity contribution in [3.8, 4) is 5.75 Å². The zero-order chi connectivity index (χ0) is 16.9. The highest BCUT2D eigenvalue weighted by molar-refractivity contribution is 5.85. The number of ether oxygens (including phenoxy) is 1. The van der Waals surface area contributed by atoms with Crippen LogP contribution in [0.3, 0.4) is 0 Å². The molecule has 25 heavy (non-hydrogen) atoms. The third-order valence-electron chi connectivity index (χ3n) is 4.09. The van der Waals surface area contributed by atoms with Gasteiger partial charge in [0.25, 0.3) is 0 Å². The van der Waals surface area contributed by atoms with Gasteiger partial charge < -0.3 is 10.1 Å². The molecule has 1 atom stereocenters. The van der Waals surface area contributed by atoms with Gasteiger partial charge in [0.05, 0.1) is 0 Å². The third-order valence-corrected chi connectivity index (χ3v) is 4.09. The van der Waals surface area contributed by atoms with Crippen molar-refractivity contribution in [3.63, 3.8) is 0 Å². The van der Waals surface area contributed by atoms with E-state index in [1.165, 1.54) is 12.1 Å². The Morgan fingerprint density at radius 2 is 1.76 bits per heavy atom. The van der Waals surface area contributed by atoms with E-state index in [-0.39, 0.29) is 36.6 Å². The Morgan fingerprint density at radius 3 is 2.32 bits per heavy atom. The van der Waals surface area contributed by atoms with Gasteiger partial charge in [0, 0.05) is 32.2 Å². The molecule has 1 N–H and O–H groups in total. The molecule has 1 fully saturated rings. The Balaban J connectivity index is 0.00000288. The van der Waals surface area contributed by atoms with Crippen molar-refractivity contribution in [1.82, 2.24) is 10.2 Å². The van der Waals surface area contributed by atoms with Gasteiger partial charge in [-0.3, -0.25) is 4.90 Å². The summed E-state index contributed by atoms with van der Waals surface area (Å²) in [5.41, 5.74) is 0.898. The second-order valence-corrected chi connectivity index (χ2v) is 6.39. The number of piperazine rings is 1. The molecule has 0 amide bonds. The maximum atomic E-state index is 12.4. The van der Waals surface area contributed by atoms with Crippen LogP contribution in [0.1, 0.15) is 38.3 Å². The van der Waals surface area contributed by atoms with Gasteiger partial charge in [0.15, 0.2) is 0 Å². The predicted octanol–water partition coefficient (Wildman–Crippen LogP) is 4.81. The maximum absolute atomic E-state index is 12.4. The largest absolute Gasteiger partial charge is 0.573 e. The highest BCUT2D eigenvalue weighted by atomic mass is 35.5. The average Bonchev–Trinajstić information content (AvgIpc) is 2.47. The Labute approximate surface area is 160 Å². The van der Waals surface area contributed by atoms with Gasteiger partial charge in [-0.1, -0.05) is 26.0 Å². The van der Waals surface area contributed by atoms with E-state index < -0.39 is 6.36 Å². The molecule has 1 aliphatic rings. The van der Waals surface area contributed by atoms with Gasteiger partial charge in [0.1, 0.15) is 5.75 Å². The van der Waals surface area contributed by atoms with Crippen molar-refractivity contribution < 1.29 is 17.9 Å². The fraction of sp³-hybridized carbons (Fsp3) is 0.647. The lowest BCUT2D eigenvalue weighted by Gasteiger charge is -2.35. The van der Waals surface area contributed by atoms with Crippen LogP contribution in [-0.2, 0) is 0 Å². The van der Waals surface area contributed by atoms with Crippen molar-refractivity contribution in [1.29, 1.82) is 0 Å². The molecule has 1 aliphatic heterocycles. The molecule has 0 spiro atoms. The summed E-state index contributed by atoms with van der Waals surface area (Å²) in [4.78, 5) is 2.35. The molecule has 0 bridgehead atoms. The Bertz CT molecular complexity index is 495. The van der Waals surface area contributed by atoms with Crippen molar-refractivity contribution >= 4 is 24.8 Å². The maximum Gasteiger partial charge on any atom is 0.573 e. The number of alkyl halides is 3. The molecule has 2 rings (SSSR count). The van der Waals surface area contributed by atoms with E-state index in [1.54, 1.807) is 6.07 Å². The van der Waals surface area contributed by atoms with Gasteiger partial charge in [-0.15, -0.1) is 38.0 Å². The summed E-state index contributed by atoms with van der Waals surface area (Å²) in [6, 6.07) is 6.56. The highest BCUT2D eigenvalue weighted by Crippen LogP contribution is 2.31. The highest BCUT2D eigenvalue weighted by Gasteiger charge is 2.31. The van der Waals surface area contributed by atoms with Crippen LogP contribution < -0.4 is 10.1 Å². The Hall–Kier alpha value is -0.690. The topological polar surface area (TPSA) is 24.5 Å². The molecular formula is C17H27Cl2F3N2O.